The topological polar surface area (TPSA) is 60.5 Å². The Morgan fingerprint density at radius 2 is 2.04 bits per heavy atom. The summed E-state index contributed by atoms with van der Waals surface area (Å²) in [6.45, 7) is 7.94. The maximum absolute atomic E-state index is 12.9. The van der Waals surface area contributed by atoms with Crippen LogP contribution in [0.2, 0.25) is 0 Å². The lowest BCUT2D eigenvalue weighted by Crippen LogP contribution is -2.42. The molecule has 1 N–H and O–H groups in total. The maximum Gasteiger partial charge on any atom is 0.256 e. The van der Waals surface area contributed by atoms with Crippen LogP contribution in [0.5, 0.6) is 5.75 Å². The zero-order chi connectivity index (χ0) is 19.2. The fraction of sp³-hybridized carbons (Fsp3) is 0.524. The number of pyridine rings is 1. The number of anilines is 1. The molecule has 2 aromatic rings. The van der Waals surface area contributed by atoms with Gasteiger partial charge in [-0.15, -0.1) is 0 Å². The molecule has 142 valence electrons. The van der Waals surface area contributed by atoms with Gasteiger partial charge in [0.2, 0.25) is 0 Å². The summed E-state index contributed by atoms with van der Waals surface area (Å²) in [5.74, 6) is 0.574. The summed E-state index contributed by atoms with van der Waals surface area (Å²) in [6, 6.07) is 7.51. The number of hydrogen-bond acceptors (Lipinski definition) is 4. The number of ether oxygens (including phenoxy) is 2. The number of nitrogens with one attached hydrogen (secondary N) is 1. The van der Waals surface area contributed by atoms with Crippen molar-refractivity contribution >= 4 is 22.5 Å². The Morgan fingerprint density at radius 1 is 1.27 bits per heavy atom. The van der Waals surface area contributed by atoms with Crippen molar-refractivity contribution in [3.63, 3.8) is 0 Å². The van der Waals surface area contributed by atoms with Gasteiger partial charge in [0.15, 0.2) is 0 Å². The van der Waals surface area contributed by atoms with Crippen LogP contribution >= 0.6 is 0 Å². The first-order chi connectivity index (χ1) is 12.4. The molecule has 0 radical (unpaired) electrons. The fourth-order valence-electron chi connectivity index (χ4n) is 2.88. The lowest BCUT2D eigenvalue weighted by Gasteiger charge is -2.27. The van der Waals surface area contributed by atoms with E-state index in [1.54, 1.807) is 13.3 Å². The minimum absolute atomic E-state index is 0.0518. The lowest BCUT2D eigenvalue weighted by molar-refractivity contribution is -0.136. The SMILES string of the molecule is CCCCC[C@@](C)(OC)C(=O)Nc1ccc(OC(C)C)c2ncccc12. The standard InChI is InChI=1S/C21H30N2O3/c1-6-7-8-13-21(4,25-5)20(24)23-17-11-12-18(26-15(2)3)19-16(17)10-9-14-22-19/h9-12,14-15H,6-8,13H2,1-5H3,(H,23,24)/t21-/m1/s1. The first-order valence-electron chi connectivity index (χ1n) is 9.32. The van der Waals surface area contributed by atoms with E-state index >= 15 is 0 Å². The molecule has 0 saturated heterocycles. The van der Waals surface area contributed by atoms with Gasteiger partial charge in [0.25, 0.3) is 5.91 Å². The molecule has 1 aromatic heterocycles. The first-order valence-corrected chi connectivity index (χ1v) is 9.32. The largest absolute Gasteiger partial charge is 0.489 e. The summed E-state index contributed by atoms with van der Waals surface area (Å²) < 4.78 is 11.4. The van der Waals surface area contributed by atoms with Crippen molar-refractivity contribution in [1.29, 1.82) is 0 Å². The quantitative estimate of drug-likeness (QED) is 0.645. The van der Waals surface area contributed by atoms with Crippen LogP contribution < -0.4 is 10.1 Å². The number of carbonyl (C=O) groups excluding carboxylic acids is 1. The van der Waals surface area contributed by atoms with Crippen LogP contribution in [0.4, 0.5) is 5.69 Å². The second-order valence-electron chi connectivity index (χ2n) is 7.02. The van der Waals surface area contributed by atoms with E-state index < -0.39 is 5.60 Å². The van der Waals surface area contributed by atoms with E-state index in [0.717, 1.165) is 30.2 Å². The number of benzene rings is 1. The zero-order valence-electron chi connectivity index (χ0n) is 16.5. The van der Waals surface area contributed by atoms with Gasteiger partial charge < -0.3 is 14.8 Å². The van der Waals surface area contributed by atoms with Gasteiger partial charge in [-0.1, -0.05) is 26.2 Å². The Hall–Kier alpha value is -2.14. The molecule has 1 heterocycles. The van der Waals surface area contributed by atoms with Crippen molar-refractivity contribution in [3.8, 4) is 5.75 Å². The third-order valence-electron chi connectivity index (χ3n) is 4.53. The number of unbranched alkanes of at least 4 members (excludes halogenated alkanes) is 2. The average molecular weight is 358 g/mol. The zero-order valence-corrected chi connectivity index (χ0v) is 16.5. The van der Waals surface area contributed by atoms with Gasteiger partial charge in [0, 0.05) is 18.7 Å². The number of hydrogen-bond donors (Lipinski definition) is 1. The Labute approximate surface area is 156 Å². The van der Waals surface area contributed by atoms with Crippen molar-refractivity contribution in [2.75, 3.05) is 12.4 Å². The molecule has 5 heteroatoms. The van der Waals surface area contributed by atoms with Crippen LogP contribution in [0.15, 0.2) is 30.5 Å². The molecule has 0 aliphatic heterocycles. The highest BCUT2D eigenvalue weighted by Crippen LogP contribution is 2.31. The summed E-state index contributed by atoms with van der Waals surface area (Å²) in [4.78, 5) is 17.3. The third-order valence-corrected chi connectivity index (χ3v) is 4.53. The van der Waals surface area contributed by atoms with Crippen LogP contribution in [0, 0.1) is 0 Å². The van der Waals surface area contributed by atoms with E-state index in [2.05, 4.69) is 17.2 Å². The number of nitrogens with zero attached hydrogens (tertiary/aromatic N) is 1. The minimum atomic E-state index is -0.850. The lowest BCUT2D eigenvalue weighted by atomic mass is 9.96. The van der Waals surface area contributed by atoms with Crippen LogP contribution in [0.3, 0.4) is 0 Å². The summed E-state index contributed by atoms with van der Waals surface area (Å²) in [6.07, 6.45) is 5.61. The van der Waals surface area contributed by atoms with Crippen LogP contribution in [-0.2, 0) is 9.53 Å². The Bertz CT molecular complexity index is 745. The van der Waals surface area contributed by atoms with Crippen molar-refractivity contribution < 1.29 is 14.3 Å². The fourth-order valence-corrected chi connectivity index (χ4v) is 2.88. The molecule has 0 aliphatic rings. The van der Waals surface area contributed by atoms with E-state index in [-0.39, 0.29) is 12.0 Å². The van der Waals surface area contributed by atoms with Crippen molar-refractivity contribution in [2.45, 2.75) is 65.1 Å². The number of rotatable bonds is 9. The molecule has 1 amide bonds. The van der Waals surface area contributed by atoms with Gasteiger partial charge in [-0.25, -0.2) is 0 Å². The predicted molar refractivity (Wildman–Crippen MR) is 106 cm³/mol. The highest BCUT2D eigenvalue weighted by molar-refractivity contribution is 6.05. The summed E-state index contributed by atoms with van der Waals surface area (Å²) >= 11 is 0. The second kappa shape index (κ2) is 8.99. The molecule has 0 fully saturated rings. The smallest absolute Gasteiger partial charge is 0.256 e. The van der Waals surface area contributed by atoms with Gasteiger partial charge in [-0.3, -0.25) is 9.78 Å². The van der Waals surface area contributed by atoms with Crippen molar-refractivity contribution in [2.24, 2.45) is 0 Å². The highest BCUT2D eigenvalue weighted by Gasteiger charge is 2.32. The summed E-state index contributed by atoms with van der Waals surface area (Å²) in [5, 5.41) is 3.88. The maximum atomic E-state index is 12.9. The molecule has 5 nitrogen and oxygen atoms in total. The average Bonchev–Trinajstić information content (AvgIpc) is 2.63. The van der Waals surface area contributed by atoms with E-state index in [1.165, 1.54) is 0 Å². The number of amides is 1. The molecular weight excluding hydrogens is 328 g/mol. The van der Waals surface area contributed by atoms with Gasteiger partial charge in [0.1, 0.15) is 16.9 Å². The number of aromatic nitrogens is 1. The van der Waals surface area contributed by atoms with Gasteiger partial charge in [-0.05, 0) is 51.5 Å². The minimum Gasteiger partial charge on any atom is -0.489 e. The molecular formula is C21H30N2O3. The van der Waals surface area contributed by atoms with E-state index in [4.69, 9.17) is 9.47 Å². The van der Waals surface area contributed by atoms with Gasteiger partial charge >= 0.3 is 0 Å². The third kappa shape index (κ3) is 4.73. The molecule has 0 bridgehead atoms. The summed E-state index contributed by atoms with van der Waals surface area (Å²) in [5.41, 5.74) is 0.605. The second-order valence-corrected chi connectivity index (χ2v) is 7.02. The summed E-state index contributed by atoms with van der Waals surface area (Å²) in [7, 11) is 1.59. The number of methoxy groups -OCH3 is 1. The normalized spacial score (nSPS) is 13.6. The molecule has 26 heavy (non-hydrogen) atoms. The van der Waals surface area contributed by atoms with Gasteiger partial charge in [0.05, 0.1) is 11.8 Å². The number of carbonyl (C=O) groups is 1. The highest BCUT2D eigenvalue weighted by atomic mass is 16.5. The molecule has 1 aromatic carbocycles. The predicted octanol–water partition coefficient (Wildman–Crippen LogP) is 4.95. The molecule has 0 spiro atoms. The molecule has 0 aliphatic carbocycles. The molecule has 0 saturated carbocycles. The molecule has 2 rings (SSSR count). The first kappa shape index (κ1) is 20.2. The van der Waals surface area contributed by atoms with E-state index in [9.17, 15) is 4.79 Å². The Balaban J connectivity index is 2.28. The Morgan fingerprint density at radius 3 is 2.69 bits per heavy atom. The van der Waals surface area contributed by atoms with Crippen LogP contribution in [-0.4, -0.2) is 29.7 Å². The van der Waals surface area contributed by atoms with Gasteiger partial charge in [-0.2, -0.15) is 0 Å². The van der Waals surface area contributed by atoms with E-state index in [0.29, 0.717) is 17.9 Å². The number of fused-ring (bicyclic) bond motifs is 1. The Kier molecular flexibility index (Phi) is 6.98. The van der Waals surface area contributed by atoms with Crippen molar-refractivity contribution in [1.82, 2.24) is 4.98 Å². The van der Waals surface area contributed by atoms with Crippen LogP contribution in [0.1, 0.15) is 53.4 Å². The molecule has 0 unspecified atom stereocenters. The van der Waals surface area contributed by atoms with Crippen LogP contribution in [0.25, 0.3) is 10.9 Å². The monoisotopic (exact) mass is 358 g/mol. The van der Waals surface area contributed by atoms with E-state index in [1.807, 2.05) is 45.0 Å². The van der Waals surface area contributed by atoms with Crippen molar-refractivity contribution in [3.05, 3.63) is 30.5 Å². The molecule has 1 atom stereocenters.